The van der Waals surface area contributed by atoms with E-state index >= 15 is 0 Å². The Bertz CT molecular complexity index is 1440. The van der Waals surface area contributed by atoms with E-state index in [1.807, 2.05) is 38.1 Å². The molecule has 0 atom stereocenters. The minimum absolute atomic E-state index is 0.0738. The number of thioether (sulfide) groups is 1. The third-order valence-electron chi connectivity index (χ3n) is 5.42. The van der Waals surface area contributed by atoms with Gasteiger partial charge >= 0.3 is 0 Å². The second-order valence-corrected chi connectivity index (χ2v) is 8.88. The Labute approximate surface area is 198 Å². The summed E-state index contributed by atoms with van der Waals surface area (Å²) in [7, 11) is 0. The first-order valence-corrected chi connectivity index (χ1v) is 11.2. The minimum atomic E-state index is -0.523. The van der Waals surface area contributed by atoms with E-state index in [1.165, 1.54) is 22.8 Å². The third-order valence-corrected chi connectivity index (χ3v) is 6.69. The fourth-order valence-electron chi connectivity index (χ4n) is 3.83. The molecule has 6 nitrogen and oxygen atoms in total. The van der Waals surface area contributed by atoms with E-state index < -0.39 is 5.91 Å². The van der Waals surface area contributed by atoms with Crippen LogP contribution in [0.3, 0.4) is 0 Å². The number of amides is 1. The van der Waals surface area contributed by atoms with E-state index in [0.29, 0.717) is 32.0 Å². The van der Waals surface area contributed by atoms with Crippen LogP contribution >= 0.6 is 23.4 Å². The maximum atomic E-state index is 14.4. The number of hydrazone groups is 1. The lowest BCUT2D eigenvalue weighted by atomic mass is 10.1. The molecule has 0 radical (unpaired) electrons. The highest BCUT2D eigenvalue weighted by molar-refractivity contribution is 8.27. The molecule has 1 N–H and O–H groups in total. The molecule has 0 spiro atoms. The molecule has 9 heteroatoms. The lowest BCUT2D eigenvalue weighted by Crippen LogP contribution is -2.35. The van der Waals surface area contributed by atoms with Crippen molar-refractivity contribution in [1.82, 2.24) is 9.58 Å². The van der Waals surface area contributed by atoms with Gasteiger partial charge < -0.3 is 4.57 Å². The van der Waals surface area contributed by atoms with E-state index in [4.69, 9.17) is 17.0 Å². The number of nitrogens with zero attached hydrogens (tertiary/aromatic N) is 4. The Morgan fingerprint density at radius 1 is 1.12 bits per heavy atom. The number of hydrogen-bond donors (Lipinski definition) is 1. The Hall–Kier alpha value is -3.49. The van der Waals surface area contributed by atoms with Crippen LogP contribution < -0.4 is 0 Å². The maximum Gasteiger partial charge on any atom is 0.283 e. The number of aromatic nitrogens is 1. The van der Waals surface area contributed by atoms with Crippen LogP contribution in [0.1, 0.15) is 22.5 Å². The SMILES string of the molecule is Cc1cc(/C=C2\C(=N)N3N=C(c4ccccc4Cl)SC3=NC2=O)c(C)n1-c1ccccc1F. The number of benzene rings is 2. The molecule has 3 heterocycles. The van der Waals surface area contributed by atoms with Gasteiger partial charge in [-0.2, -0.15) is 15.1 Å². The number of halogens is 2. The van der Waals surface area contributed by atoms with Gasteiger partial charge in [0.15, 0.2) is 5.84 Å². The number of amidine groups is 2. The number of carbonyl (C=O) groups excluding carboxylic acids is 1. The smallest absolute Gasteiger partial charge is 0.283 e. The van der Waals surface area contributed by atoms with Gasteiger partial charge in [-0.3, -0.25) is 10.2 Å². The Kier molecular flexibility index (Phi) is 5.26. The molecule has 1 amide bonds. The van der Waals surface area contributed by atoms with Crippen molar-refractivity contribution < 1.29 is 9.18 Å². The molecule has 0 aliphatic carbocycles. The molecule has 33 heavy (non-hydrogen) atoms. The zero-order chi connectivity index (χ0) is 23.3. The second kappa shape index (κ2) is 8.13. The molecule has 2 aliphatic rings. The summed E-state index contributed by atoms with van der Waals surface area (Å²) in [5.41, 5.74) is 3.49. The summed E-state index contributed by atoms with van der Waals surface area (Å²) in [6.45, 7) is 3.71. The van der Waals surface area contributed by atoms with Crippen molar-refractivity contribution in [2.45, 2.75) is 13.8 Å². The van der Waals surface area contributed by atoms with Crippen molar-refractivity contribution in [3.63, 3.8) is 0 Å². The molecule has 1 aromatic heterocycles. The monoisotopic (exact) mass is 477 g/mol. The fourth-order valence-corrected chi connectivity index (χ4v) is 5.04. The van der Waals surface area contributed by atoms with Gasteiger partial charge in [0.2, 0.25) is 5.17 Å². The van der Waals surface area contributed by atoms with Crippen molar-refractivity contribution in [2.75, 3.05) is 0 Å². The van der Waals surface area contributed by atoms with Gasteiger partial charge in [-0.25, -0.2) is 4.39 Å². The van der Waals surface area contributed by atoms with Crippen LogP contribution in [0, 0.1) is 25.1 Å². The molecule has 164 valence electrons. The molecule has 3 aromatic rings. The maximum absolute atomic E-state index is 14.4. The topological polar surface area (TPSA) is 73.8 Å². The average molecular weight is 478 g/mol. The highest BCUT2D eigenvalue weighted by Crippen LogP contribution is 2.33. The van der Waals surface area contributed by atoms with Crippen LogP contribution in [0.15, 0.2) is 70.3 Å². The summed E-state index contributed by atoms with van der Waals surface area (Å²) in [4.78, 5) is 17.0. The zero-order valence-electron chi connectivity index (χ0n) is 17.6. The Balaban J connectivity index is 1.53. The Morgan fingerprint density at radius 3 is 2.61 bits per heavy atom. The standard InChI is InChI=1S/C24H17ClFN5OS/c1-13-11-15(14(2)30(13)20-10-6-5-9-19(20)26)12-17-21(27)31-24(28-22(17)32)33-23(29-31)16-7-3-4-8-18(16)25/h3-12,27H,1-2H3/b17-12+,27-21?. The van der Waals surface area contributed by atoms with Crippen molar-refractivity contribution >= 4 is 51.4 Å². The average Bonchev–Trinajstić information content (AvgIpc) is 3.32. The number of aryl methyl sites for hydroxylation is 1. The first-order chi connectivity index (χ1) is 15.8. The van der Waals surface area contributed by atoms with Crippen molar-refractivity contribution in [1.29, 1.82) is 5.41 Å². The molecule has 0 fully saturated rings. The second-order valence-electron chi connectivity index (χ2n) is 7.52. The van der Waals surface area contributed by atoms with Crippen molar-refractivity contribution in [3.05, 3.63) is 93.5 Å². The quantitative estimate of drug-likeness (QED) is 0.502. The van der Waals surface area contributed by atoms with E-state index in [-0.39, 0.29) is 17.2 Å². The van der Waals surface area contributed by atoms with Crippen LogP contribution in [-0.2, 0) is 4.79 Å². The summed E-state index contributed by atoms with van der Waals surface area (Å²) in [6, 6.07) is 15.6. The predicted octanol–water partition coefficient (Wildman–Crippen LogP) is 5.55. The summed E-state index contributed by atoms with van der Waals surface area (Å²) in [6.07, 6.45) is 1.61. The van der Waals surface area contributed by atoms with Gasteiger partial charge in [-0.1, -0.05) is 41.9 Å². The van der Waals surface area contributed by atoms with E-state index in [0.717, 1.165) is 11.4 Å². The first kappa shape index (κ1) is 21.4. The number of rotatable bonds is 3. The van der Waals surface area contributed by atoms with Crippen molar-refractivity contribution in [2.24, 2.45) is 10.1 Å². The normalized spacial score (nSPS) is 16.8. The lowest BCUT2D eigenvalue weighted by Gasteiger charge is -2.20. The Morgan fingerprint density at radius 2 is 1.85 bits per heavy atom. The van der Waals surface area contributed by atoms with E-state index in [9.17, 15) is 9.18 Å². The van der Waals surface area contributed by atoms with Crippen LogP contribution in [0.2, 0.25) is 5.02 Å². The fraction of sp³-hybridized carbons (Fsp3) is 0.0833. The molecular weight excluding hydrogens is 461 g/mol. The van der Waals surface area contributed by atoms with E-state index in [1.54, 1.807) is 34.9 Å². The number of fused-ring (bicyclic) bond motifs is 1. The summed E-state index contributed by atoms with van der Waals surface area (Å²) < 4.78 is 16.2. The summed E-state index contributed by atoms with van der Waals surface area (Å²) in [5, 5.41) is 15.8. The minimum Gasteiger partial charge on any atom is -0.315 e. The zero-order valence-corrected chi connectivity index (χ0v) is 19.2. The molecule has 0 saturated heterocycles. The number of aliphatic imine (C=N–C) groups is 1. The highest BCUT2D eigenvalue weighted by Gasteiger charge is 2.36. The highest BCUT2D eigenvalue weighted by atomic mass is 35.5. The third kappa shape index (κ3) is 3.61. The molecule has 2 aliphatic heterocycles. The largest absolute Gasteiger partial charge is 0.315 e. The molecule has 2 aromatic carbocycles. The predicted molar refractivity (Wildman–Crippen MR) is 131 cm³/mol. The van der Waals surface area contributed by atoms with Gasteiger partial charge in [0.1, 0.15) is 10.9 Å². The molecule has 0 unspecified atom stereocenters. The van der Waals surface area contributed by atoms with Gasteiger partial charge in [0.05, 0.1) is 16.3 Å². The summed E-state index contributed by atoms with van der Waals surface area (Å²) in [5.74, 6) is -0.940. The van der Waals surface area contributed by atoms with Gasteiger partial charge in [0.25, 0.3) is 5.91 Å². The van der Waals surface area contributed by atoms with Crippen molar-refractivity contribution in [3.8, 4) is 5.69 Å². The molecule has 5 rings (SSSR count). The molecule has 0 saturated carbocycles. The lowest BCUT2D eigenvalue weighted by molar-refractivity contribution is -0.114. The van der Waals surface area contributed by atoms with Gasteiger partial charge in [-0.05, 0) is 61.5 Å². The van der Waals surface area contributed by atoms with Crippen LogP contribution in [0.25, 0.3) is 11.8 Å². The van der Waals surface area contributed by atoms with Crippen LogP contribution in [0.5, 0.6) is 0 Å². The molecular formula is C24H17ClFN5OS. The first-order valence-electron chi connectivity index (χ1n) is 10.0. The number of carbonyl (C=O) groups is 1. The van der Waals surface area contributed by atoms with Crippen LogP contribution in [-0.4, -0.2) is 31.5 Å². The van der Waals surface area contributed by atoms with E-state index in [2.05, 4.69) is 10.1 Å². The number of hydrogen-bond acceptors (Lipinski definition) is 4. The molecule has 0 bridgehead atoms. The van der Waals surface area contributed by atoms with Gasteiger partial charge in [-0.15, -0.1) is 0 Å². The summed E-state index contributed by atoms with van der Waals surface area (Å²) >= 11 is 7.48. The number of nitrogens with one attached hydrogen (secondary N) is 1. The number of para-hydroxylation sites is 1. The van der Waals surface area contributed by atoms with Crippen LogP contribution in [0.4, 0.5) is 4.39 Å². The van der Waals surface area contributed by atoms with Gasteiger partial charge in [0, 0.05) is 17.0 Å².